The van der Waals surface area contributed by atoms with Gasteiger partial charge in [0, 0.05) is 12.2 Å². The SMILES string of the molecule is CC(C)n1cncc1CNc1ccccc1-n1cnnn1. The van der Waals surface area contributed by atoms with Gasteiger partial charge in [0.15, 0.2) is 0 Å². The molecule has 1 aromatic carbocycles. The second-order valence-electron chi connectivity index (χ2n) is 5.01. The summed E-state index contributed by atoms with van der Waals surface area (Å²) in [4.78, 5) is 4.21. The molecule has 0 fully saturated rings. The van der Waals surface area contributed by atoms with Crippen LogP contribution in [-0.2, 0) is 6.54 Å². The van der Waals surface area contributed by atoms with Crippen LogP contribution in [0.25, 0.3) is 5.69 Å². The van der Waals surface area contributed by atoms with Crippen LogP contribution in [-0.4, -0.2) is 29.8 Å². The van der Waals surface area contributed by atoms with Gasteiger partial charge in [0.1, 0.15) is 6.33 Å². The van der Waals surface area contributed by atoms with Crippen molar-refractivity contribution in [2.45, 2.75) is 26.4 Å². The molecule has 0 amide bonds. The van der Waals surface area contributed by atoms with E-state index < -0.39 is 0 Å². The van der Waals surface area contributed by atoms with Crippen molar-refractivity contribution in [3.05, 3.63) is 48.8 Å². The number of rotatable bonds is 5. The molecule has 0 saturated carbocycles. The molecule has 7 nitrogen and oxygen atoms in total. The highest BCUT2D eigenvalue weighted by Gasteiger charge is 2.08. The lowest BCUT2D eigenvalue weighted by atomic mass is 10.2. The van der Waals surface area contributed by atoms with Gasteiger partial charge in [-0.25, -0.2) is 4.98 Å². The first-order valence-corrected chi connectivity index (χ1v) is 6.82. The Bertz CT molecular complexity index is 700. The average molecular weight is 283 g/mol. The van der Waals surface area contributed by atoms with Crippen molar-refractivity contribution >= 4 is 5.69 Å². The smallest absolute Gasteiger partial charge is 0.143 e. The molecule has 0 bridgehead atoms. The van der Waals surface area contributed by atoms with E-state index in [1.165, 1.54) is 0 Å². The maximum absolute atomic E-state index is 4.21. The summed E-state index contributed by atoms with van der Waals surface area (Å²) in [5, 5.41) is 14.7. The van der Waals surface area contributed by atoms with E-state index in [1.807, 2.05) is 36.8 Å². The number of hydrogen-bond donors (Lipinski definition) is 1. The van der Waals surface area contributed by atoms with E-state index in [0.29, 0.717) is 12.6 Å². The Labute approximate surface area is 122 Å². The molecule has 0 radical (unpaired) electrons. The minimum absolute atomic E-state index is 0.388. The van der Waals surface area contributed by atoms with Crippen molar-refractivity contribution < 1.29 is 0 Å². The highest BCUT2D eigenvalue weighted by Crippen LogP contribution is 2.19. The van der Waals surface area contributed by atoms with E-state index in [0.717, 1.165) is 17.1 Å². The zero-order chi connectivity index (χ0) is 14.7. The maximum Gasteiger partial charge on any atom is 0.143 e. The largest absolute Gasteiger partial charge is 0.378 e. The summed E-state index contributed by atoms with van der Waals surface area (Å²) in [6, 6.07) is 8.31. The molecule has 1 N–H and O–H groups in total. The van der Waals surface area contributed by atoms with Crippen LogP contribution in [0, 0.1) is 0 Å². The van der Waals surface area contributed by atoms with Gasteiger partial charge in [0.2, 0.25) is 0 Å². The number of imidazole rings is 1. The Morgan fingerprint density at radius 2 is 2.05 bits per heavy atom. The summed E-state index contributed by atoms with van der Waals surface area (Å²) in [5.74, 6) is 0. The minimum atomic E-state index is 0.388. The van der Waals surface area contributed by atoms with Crippen LogP contribution >= 0.6 is 0 Å². The Hall–Kier alpha value is -2.70. The van der Waals surface area contributed by atoms with Crippen molar-refractivity contribution in [3.63, 3.8) is 0 Å². The van der Waals surface area contributed by atoms with Crippen molar-refractivity contribution in [3.8, 4) is 5.69 Å². The van der Waals surface area contributed by atoms with Crippen LogP contribution in [0.2, 0.25) is 0 Å². The molecule has 0 unspecified atom stereocenters. The predicted molar refractivity (Wildman–Crippen MR) is 79.1 cm³/mol. The number of hydrogen-bond acceptors (Lipinski definition) is 5. The van der Waals surface area contributed by atoms with Crippen LogP contribution < -0.4 is 5.32 Å². The Morgan fingerprint density at radius 1 is 1.19 bits per heavy atom. The highest BCUT2D eigenvalue weighted by atomic mass is 15.5. The van der Waals surface area contributed by atoms with Crippen molar-refractivity contribution in [1.82, 2.24) is 29.8 Å². The fourth-order valence-electron chi connectivity index (χ4n) is 2.21. The lowest BCUT2D eigenvalue weighted by Crippen LogP contribution is -2.10. The first kappa shape index (κ1) is 13.3. The van der Waals surface area contributed by atoms with Crippen molar-refractivity contribution in [2.75, 3.05) is 5.32 Å². The van der Waals surface area contributed by atoms with Crippen LogP contribution in [0.5, 0.6) is 0 Å². The third-order valence-corrected chi connectivity index (χ3v) is 3.26. The van der Waals surface area contributed by atoms with E-state index in [1.54, 1.807) is 11.0 Å². The van der Waals surface area contributed by atoms with Crippen LogP contribution in [0.4, 0.5) is 5.69 Å². The van der Waals surface area contributed by atoms with Crippen molar-refractivity contribution in [2.24, 2.45) is 0 Å². The standard InChI is InChI=1S/C14H17N7/c1-11(2)20-9-15-7-12(20)8-16-13-5-3-4-6-14(13)21-10-17-18-19-21/h3-7,9-11,16H,8H2,1-2H3. The fourth-order valence-corrected chi connectivity index (χ4v) is 2.21. The number of nitrogens with zero attached hydrogens (tertiary/aromatic N) is 6. The number of para-hydroxylation sites is 2. The molecule has 21 heavy (non-hydrogen) atoms. The van der Waals surface area contributed by atoms with E-state index in [2.05, 4.69) is 44.2 Å². The molecule has 2 heterocycles. The molecule has 0 aliphatic heterocycles. The zero-order valence-corrected chi connectivity index (χ0v) is 12.0. The summed E-state index contributed by atoms with van der Waals surface area (Å²) in [6.07, 6.45) is 5.32. The molecule has 108 valence electrons. The van der Waals surface area contributed by atoms with Gasteiger partial charge in [-0.2, -0.15) is 4.68 Å². The summed E-state index contributed by atoms with van der Waals surface area (Å²) < 4.78 is 3.79. The lowest BCUT2D eigenvalue weighted by molar-refractivity contribution is 0.577. The third kappa shape index (κ3) is 2.76. The summed E-state index contributed by atoms with van der Waals surface area (Å²) >= 11 is 0. The topological polar surface area (TPSA) is 73.5 Å². The molecule has 0 spiro atoms. The van der Waals surface area contributed by atoms with E-state index in [9.17, 15) is 0 Å². The average Bonchev–Trinajstić information content (AvgIpc) is 3.16. The molecule has 0 atom stereocenters. The molecule has 0 aliphatic carbocycles. The molecule has 0 aliphatic rings. The summed E-state index contributed by atoms with van der Waals surface area (Å²) in [7, 11) is 0. The zero-order valence-electron chi connectivity index (χ0n) is 12.0. The Morgan fingerprint density at radius 3 is 2.81 bits per heavy atom. The van der Waals surface area contributed by atoms with E-state index in [-0.39, 0.29) is 0 Å². The lowest BCUT2D eigenvalue weighted by Gasteiger charge is -2.14. The van der Waals surface area contributed by atoms with Gasteiger partial charge in [0.25, 0.3) is 0 Å². The van der Waals surface area contributed by atoms with Gasteiger partial charge >= 0.3 is 0 Å². The normalized spacial score (nSPS) is 11.0. The number of anilines is 1. The predicted octanol–water partition coefficient (Wildman–Crippen LogP) is 2.05. The first-order valence-electron chi connectivity index (χ1n) is 6.82. The molecule has 7 heteroatoms. The van der Waals surface area contributed by atoms with Crippen LogP contribution in [0.1, 0.15) is 25.6 Å². The Kier molecular flexibility index (Phi) is 3.63. The van der Waals surface area contributed by atoms with Crippen LogP contribution in [0.15, 0.2) is 43.1 Å². The van der Waals surface area contributed by atoms with Gasteiger partial charge in [-0.05, 0) is 36.4 Å². The number of benzene rings is 1. The maximum atomic E-state index is 4.21. The number of nitrogens with one attached hydrogen (secondary N) is 1. The molecular weight excluding hydrogens is 266 g/mol. The minimum Gasteiger partial charge on any atom is -0.378 e. The highest BCUT2D eigenvalue weighted by molar-refractivity contribution is 5.60. The number of aromatic nitrogens is 6. The van der Waals surface area contributed by atoms with Crippen molar-refractivity contribution in [1.29, 1.82) is 0 Å². The quantitative estimate of drug-likeness (QED) is 0.775. The summed E-state index contributed by atoms with van der Waals surface area (Å²) in [6.45, 7) is 4.97. The molecule has 3 aromatic rings. The summed E-state index contributed by atoms with van der Waals surface area (Å²) in [5.41, 5.74) is 3.02. The Balaban J connectivity index is 1.81. The second kappa shape index (κ2) is 5.74. The monoisotopic (exact) mass is 283 g/mol. The van der Waals surface area contributed by atoms with E-state index >= 15 is 0 Å². The van der Waals surface area contributed by atoms with Gasteiger partial charge in [-0.15, -0.1) is 5.10 Å². The van der Waals surface area contributed by atoms with Gasteiger partial charge < -0.3 is 9.88 Å². The second-order valence-corrected chi connectivity index (χ2v) is 5.01. The van der Waals surface area contributed by atoms with Gasteiger partial charge in [-0.1, -0.05) is 12.1 Å². The molecule has 3 rings (SSSR count). The fraction of sp³-hybridized carbons (Fsp3) is 0.286. The van der Waals surface area contributed by atoms with Gasteiger partial charge in [0.05, 0.1) is 29.9 Å². The molecule has 0 saturated heterocycles. The first-order chi connectivity index (χ1) is 10.3. The third-order valence-electron chi connectivity index (χ3n) is 3.26. The van der Waals surface area contributed by atoms with Crippen LogP contribution in [0.3, 0.4) is 0 Å². The van der Waals surface area contributed by atoms with E-state index in [4.69, 9.17) is 0 Å². The number of tetrazole rings is 1. The molecular formula is C14H17N7. The van der Waals surface area contributed by atoms with Gasteiger partial charge in [-0.3, -0.25) is 0 Å². The molecule has 2 aromatic heterocycles.